The molecule has 0 bridgehead atoms. The number of aryl methyl sites for hydroxylation is 2. The molecule has 0 saturated heterocycles. The van der Waals surface area contributed by atoms with E-state index >= 15 is 0 Å². The van der Waals surface area contributed by atoms with Crippen molar-refractivity contribution in [2.24, 2.45) is 0 Å². The van der Waals surface area contributed by atoms with Crippen molar-refractivity contribution in [2.45, 2.75) is 59.3 Å². The number of pyridine rings is 1. The Morgan fingerprint density at radius 3 is 2.65 bits per heavy atom. The van der Waals surface area contributed by atoms with Crippen LogP contribution in [0.3, 0.4) is 0 Å². The smallest absolute Gasteiger partial charge is 0.252 e. The Morgan fingerprint density at radius 2 is 1.89 bits per heavy atom. The van der Waals surface area contributed by atoms with Crippen molar-refractivity contribution in [3.05, 3.63) is 111 Å². The summed E-state index contributed by atoms with van der Waals surface area (Å²) in [6.45, 7) is 7.83. The van der Waals surface area contributed by atoms with Crippen molar-refractivity contribution in [1.82, 2.24) is 30.1 Å². The number of nitrogens with one attached hydrogen (secondary N) is 1. The van der Waals surface area contributed by atoms with Crippen LogP contribution in [-0.2, 0) is 19.6 Å². The number of fused-ring (bicyclic) bond motifs is 1. The van der Waals surface area contributed by atoms with Gasteiger partial charge >= 0.3 is 0 Å². The number of hydrogen-bond donors (Lipinski definition) is 1. The normalized spacial score (nSPS) is 12.4. The van der Waals surface area contributed by atoms with Crippen LogP contribution in [0.2, 0.25) is 0 Å². The maximum atomic E-state index is 13.3. The van der Waals surface area contributed by atoms with Gasteiger partial charge < -0.3 is 9.40 Å². The molecular weight excluding hydrogens is 464 g/mol. The molecule has 8 heteroatoms. The van der Waals surface area contributed by atoms with E-state index in [0.29, 0.717) is 19.6 Å². The fourth-order valence-electron chi connectivity index (χ4n) is 5.02. The highest BCUT2D eigenvalue weighted by molar-refractivity contribution is 5.82. The molecule has 0 amide bonds. The van der Waals surface area contributed by atoms with Crippen molar-refractivity contribution < 1.29 is 4.42 Å². The van der Waals surface area contributed by atoms with E-state index in [0.717, 1.165) is 52.0 Å². The van der Waals surface area contributed by atoms with Gasteiger partial charge in [0.15, 0.2) is 5.82 Å². The lowest BCUT2D eigenvalue weighted by Crippen LogP contribution is -2.32. The van der Waals surface area contributed by atoms with Crippen LogP contribution in [0.1, 0.15) is 59.6 Å². The van der Waals surface area contributed by atoms with Gasteiger partial charge in [-0.1, -0.05) is 55.3 Å². The number of rotatable bonds is 10. The lowest BCUT2D eigenvalue weighted by molar-refractivity contribution is 0.155. The molecule has 2 aromatic carbocycles. The monoisotopic (exact) mass is 496 g/mol. The van der Waals surface area contributed by atoms with Gasteiger partial charge in [0.2, 0.25) is 0 Å². The molecule has 0 unspecified atom stereocenters. The van der Waals surface area contributed by atoms with E-state index in [1.54, 1.807) is 10.9 Å². The first-order valence-corrected chi connectivity index (χ1v) is 12.7. The average Bonchev–Trinajstić information content (AvgIpc) is 3.56. The molecule has 0 spiro atoms. The van der Waals surface area contributed by atoms with Gasteiger partial charge in [0.25, 0.3) is 5.56 Å². The molecule has 3 heterocycles. The molecule has 0 radical (unpaired) electrons. The minimum atomic E-state index is -0.0930. The van der Waals surface area contributed by atoms with E-state index in [4.69, 9.17) is 4.42 Å². The van der Waals surface area contributed by atoms with Gasteiger partial charge in [-0.05, 0) is 71.5 Å². The Labute approximate surface area is 215 Å². The van der Waals surface area contributed by atoms with E-state index in [9.17, 15) is 4.79 Å². The summed E-state index contributed by atoms with van der Waals surface area (Å²) < 4.78 is 7.35. The van der Waals surface area contributed by atoms with Crippen molar-refractivity contribution in [3.8, 4) is 0 Å². The lowest BCUT2D eigenvalue weighted by Gasteiger charge is -2.31. The number of aromatic nitrogens is 5. The minimum absolute atomic E-state index is 0.0667. The summed E-state index contributed by atoms with van der Waals surface area (Å²) >= 11 is 0. The molecule has 1 atom stereocenters. The van der Waals surface area contributed by atoms with E-state index in [-0.39, 0.29) is 11.6 Å². The highest BCUT2D eigenvalue weighted by Gasteiger charge is 2.27. The van der Waals surface area contributed by atoms with Gasteiger partial charge in [0, 0.05) is 18.7 Å². The zero-order chi connectivity index (χ0) is 25.8. The lowest BCUT2D eigenvalue weighted by atomic mass is 10.0. The van der Waals surface area contributed by atoms with Gasteiger partial charge in [-0.2, -0.15) is 0 Å². The third-order valence-corrected chi connectivity index (χ3v) is 6.72. The fourth-order valence-corrected chi connectivity index (χ4v) is 5.02. The second-order valence-electron chi connectivity index (χ2n) is 9.64. The molecule has 5 aromatic rings. The summed E-state index contributed by atoms with van der Waals surface area (Å²) in [4.78, 5) is 18.7. The van der Waals surface area contributed by atoms with E-state index in [1.165, 1.54) is 5.56 Å². The third-order valence-electron chi connectivity index (χ3n) is 6.72. The van der Waals surface area contributed by atoms with Crippen molar-refractivity contribution in [1.29, 1.82) is 0 Å². The molecule has 0 aliphatic heterocycles. The molecule has 37 heavy (non-hydrogen) atoms. The molecule has 190 valence electrons. The Bertz CT molecular complexity index is 1520. The molecule has 0 aliphatic rings. The summed E-state index contributed by atoms with van der Waals surface area (Å²) in [6, 6.07) is 20.2. The molecule has 8 nitrogen and oxygen atoms in total. The Balaban J connectivity index is 1.55. The number of aromatic amines is 1. The van der Waals surface area contributed by atoms with Crippen LogP contribution in [0.5, 0.6) is 0 Å². The largest absolute Gasteiger partial charge is 0.467 e. The van der Waals surface area contributed by atoms with Crippen LogP contribution < -0.4 is 5.56 Å². The number of hydrogen-bond acceptors (Lipinski definition) is 6. The zero-order valence-electron chi connectivity index (χ0n) is 21.5. The average molecular weight is 497 g/mol. The van der Waals surface area contributed by atoms with Gasteiger partial charge in [-0.3, -0.25) is 9.69 Å². The number of nitrogens with zero attached hydrogens (tertiary/aromatic N) is 5. The predicted molar refractivity (Wildman–Crippen MR) is 143 cm³/mol. The third kappa shape index (κ3) is 5.54. The topological polar surface area (TPSA) is 92.8 Å². The first kappa shape index (κ1) is 24.6. The maximum absolute atomic E-state index is 13.3. The van der Waals surface area contributed by atoms with Crippen molar-refractivity contribution in [2.75, 3.05) is 0 Å². The first-order chi connectivity index (χ1) is 18.0. The molecule has 0 saturated carbocycles. The van der Waals surface area contributed by atoms with Crippen LogP contribution in [0, 0.1) is 13.8 Å². The Kier molecular flexibility index (Phi) is 7.28. The van der Waals surface area contributed by atoms with Gasteiger partial charge in [-0.25, -0.2) is 4.68 Å². The minimum Gasteiger partial charge on any atom is -0.467 e. The maximum Gasteiger partial charge on any atom is 0.252 e. The summed E-state index contributed by atoms with van der Waals surface area (Å²) in [5.74, 6) is 1.55. The summed E-state index contributed by atoms with van der Waals surface area (Å²) in [7, 11) is 0. The number of furan rings is 1. The molecule has 5 rings (SSSR count). The fraction of sp³-hybridized carbons (Fsp3) is 0.310. The molecule has 0 fully saturated rings. The summed E-state index contributed by atoms with van der Waals surface area (Å²) in [6.07, 6.45) is 3.44. The molecule has 0 aliphatic carbocycles. The van der Waals surface area contributed by atoms with E-state index in [1.807, 2.05) is 43.3 Å². The number of benzene rings is 2. The summed E-state index contributed by atoms with van der Waals surface area (Å²) in [5.41, 5.74) is 4.95. The molecule has 1 N–H and O–H groups in total. The van der Waals surface area contributed by atoms with Crippen LogP contribution in [-0.4, -0.2) is 30.1 Å². The van der Waals surface area contributed by atoms with Crippen LogP contribution in [0.15, 0.2) is 76.1 Å². The standard InChI is InChI=1S/C29H32N6O2/c1-4-9-26(28-31-32-33-35(28)19-25-12-8-13-37-25)34(17-22-10-6-5-7-11-22)18-24-16-23-15-20(2)14-21(3)27(23)30-29(24)36/h5-8,10-16,26H,4,9,17-19H2,1-3H3,(H,30,36)/t26-/m1/s1. The van der Waals surface area contributed by atoms with Crippen molar-refractivity contribution in [3.63, 3.8) is 0 Å². The van der Waals surface area contributed by atoms with E-state index < -0.39 is 0 Å². The highest BCUT2D eigenvalue weighted by atomic mass is 16.3. The zero-order valence-corrected chi connectivity index (χ0v) is 21.5. The van der Waals surface area contributed by atoms with Gasteiger partial charge in [0.1, 0.15) is 12.3 Å². The quantitative estimate of drug-likeness (QED) is 0.281. The Hall–Kier alpha value is -4.04. The van der Waals surface area contributed by atoms with Crippen LogP contribution in [0.25, 0.3) is 10.9 Å². The Morgan fingerprint density at radius 1 is 1.05 bits per heavy atom. The molecular formula is C29H32N6O2. The van der Waals surface area contributed by atoms with Crippen LogP contribution >= 0.6 is 0 Å². The number of tetrazole rings is 1. The SMILES string of the molecule is CCC[C@H](c1nnnn1Cc1ccco1)N(Cc1ccccc1)Cc1cc2cc(C)cc(C)c2[nH]c1=O. The van der Waals surface area contributed by atoms with Gasteiger partial charge in [0.05, 0.1) is 17.8 Å². The summed E-state index contributed by atoms with van der Waals surface area (Å²) in [5, 5.41) is 13.8. The second kappa shape index (κ2) is 10.9. The first-order valence-electron chi connectivity index (χ1n) is 12.7. The molecule has 3 aromatic heterocycles. The van der Waals surface area contributed by atoms with E-state index in [2.05, 4.69) is 63.5 Å². The predicted octanol–water partition coefficient (Wildman–Crippen LogP) is 5.32. The van der Waals surface area contributed by atoms with Crippen molar-refractivity contribution >= 4 is 10.9 Å². The number of H-pyrrole nitrogens is 1. The second-order valence-corrected chi connectivity index (χ2v) is 9.64. The van der Waals surface area contributed by atoms with Gasteiger partial charge in [-0.15, -0.1) is 5.10 Å². The highest BCUT2D eigenvalue weighted by Crippen LogP contribution is 2.28. The van der Waals surface area contributed by atoms with Crippen LogP contribution in [0.4, 0.5) is 0 Å².